The number of thioether (sulfide) groups is 1. The Morgan fingerprint density at radius 3 is 2.86 bits per heavy atom. The van der Waals surface area contributed by atoms with Crippen molar-refractivity contribution in [3.8, 4) is 5.95 Å². The molecule has 140 valence electrons. The molecule has 2 aromatic carbocycles. The second kappa shape index (κ2) is 7.65. The number of nitrogens with one attached hydrogen (secondary N) is 2. The SMILES string of the molecule is Cc1cccc(NC(=O)CSc2nc3ccccc3c(=O)n2-c2ncn[nH]2)c1. The van der Waals surface area contributed by atoms with Crippen LogP contribution in [-0.4, -0.2) is 36.4 Å². The van der Waals surface area contributed by atoms with Crippen LogP contribution in [0.1, 0.15) is 5.56 Å². The minimum absolute atomic E-state index is 0.0901. The average molecular weight is 392 g/mol. The molecular formula is C19H16N6O2S. The summed E-state index contributed by atoms with van der Waals surface area (Å²) < 4.78 is 1.33. The predicted octanol–water partition coefficient (Wildman–Crippen LogP) is 2.54. The molecule has 0 aliphatic rings. The summed E-state index contributed by atoms with van der Waals surface area (Å²) in [6, 6.07) is 14.6. The van der Waals surface area contributed by atoms with Gasteiger partial charge in [0.1, 0.15) is 6.33 Å². The third-order valence-corrected chi connectivity index (χ3v) is 4.93. The smallest absolute Gasteiger partial charge is 0.269 e. The number of rotatable bonds is 5. The lowest BCUT2D eigenvalue weighted by Crippen LogP contribution is -2.23. The fourth-order valence-corrected chi connectivity index (χ4v) is 3.55. The van der Waals surface area contributed by atoms with Crippen LogP contribution in [0.2, 0.25) is 0 Å². The number of anilines is 1. The first-order valence-corrected chi connectivity index (χ1v) is 9.47. The summed E-state index contributed by atoms with van der Waals surface area (Å²) in [4.78, 5) is 33.9. The van der Waals surface area contributed by atoms with Crippen LogP contribution in [0.4, 0.5) is 5.69 Å². The van der Waals surface area contributed by atoms with E-state index in [1.807, 2.05) is 37.3 Å². The van der Waals surface area contributed by atoms with E-state index in [0.717, 1.165) is 23.0 Å². The van der Waals surface area contributed by atoms with Gasteiger partial charge < -0.3 is 5.32 Å². The number of aryl methyl sites for hydroxylation is 1. The Morgan fingerprint density at radius 2 is 2.07 bits per heavy atom. The molecule has 0 aliphatic heterocycles. The molecule has 1 amide bonds. The van der Waals surface area contributed by atoms with Crippen LogP contribution in [-0.2, 0) is 4.79 Å². The van der Waals surface area contributed by atoms with Crippen molar-refractivity contribution >= 4 is 34.3 Å². The standard InChI is InChI=1S/C19H16N6O2S/c1-12-5-4-6-13(9-12)22-16(26)10-28-19-23-15-8-3-2-7-14(15)17(27)25(19)18-20-11-21-24-18/h2-9,11H,10H2,1H3,(H,22,26)(H,20,21,24). The lowest BCUT2D eigenvalue weighted by molar-refractivity contribution is -0.113. The molecule has 8 nitrogen and oxygen atoms in total. The maximum absolute atomic E-state index is 12.9. The molecule has 2 heterocycles. The van der Waals surface area contributed by atoms with Gasteiger partial charge in [-0.05, 0) is 36.8 Å². The first kappa shape index (κ1) is 17.9. The Kier molecular flexibility index (Phi) is 4.90. The number of carbonyl (C=O) groups excluding carboxylic acids is 1. The second-order valence-corrected chi connectivity index (χ2v) is 7.01. The number of aromatic amines is 1. The highest BCUT2D eigenvalue weighted by atomic mass is 32.2. The monoisotopic (exact) mass is 392 g/mol. The zero-order valence-electron chi connectivity index (χ0n) is 14.9. The van der Waals surface area contributed by atoms with Gasteiger partial charge in [0.25, 0.3) is 5.56 Å². The van der Waals surface area contributed by atoms with Gasteiger partial charge in [0.15, 0.2) is 5.16 Å². The molecule has 0 spiro atoms. The summed E-state index contributed by atoms with van der Waals surface area (Å²) in [5.41, 5.74) is 2.07. The third-order valence-electron chi connectivity index (χ3n) is 3.99. The van der Waals surface area contributed by atoms with E-state index in [0.29, 0.717) is 16.1 Å². The van der Waals surface area contributed by atoms with Gasteiger partial charge in [-0.25, -0.2) is 14.6 Å². The molecule has 0 saturated heterocycles. The van der Waals surface area contributed by atoms with Crippen molar-refractivity contribution in [1.29, 1.82) is 0 Å². The van der Waals surface area contributed by atoms with Gasteiger partial charge in [-0.15, -0.1) is 0 Å². The third kappa shape index (κ3) is 3.65. The lowest BCUT2D eigenvalue weighted by Gasteiger charge is -2.10. The maximum Gasteiger partial charge on any atom is 0.269 e. The minimum Gasteiger partial charge on any atom is -0.325 e. The van der Waals surface area contributed by atoms with Crippen LogP contribution in [0.3, 0.4) is 0 Å². The van der Waals surface area contributed by atoms with Crippen molar-refractivity contribution < 1.29 is 4.79 Å². The Hall–Kier alpha value is -3.46. The summed E-state index contributed by atoms with van der Waals surface area (Å²) in [6.07, 6.45) is 1.32. The van der Waals surface area contributed by atoms with Crippen LogP contribution in [0.25, 0.3) is 16.9 Å². The first-order chi connectivity index (χ1) is 13.6. The molecule has 0 bridgehead atoms. The summed E-state index contributed by atoms with van der Waals surface area (Å²) in [5, 5.41) is 10.2. The zero-order valence-corrected chi connectivity index (χ0v) is 15.7. The van der Waals surface area contributed by atoms with Crippen LogP contribution < -0.4 is 10.9 Å². The van der Waals surface area contributed by atoms with Crippen molar-refractivity contribution in [3.63, 3.8) is 0 Å². The van der Waals surface area contributed by atoms with Gasteiger partial charge in [-0.2, -0.15) is 10.1 Å². The summed E-state index contributed by atoms with van der Waals surface area (Å²) in [7, 11) is 0. The molecule has 4 aromatic rings. The van der Waals surface area contributed by atoms with E-state index in [-0.39, 0.29) is 23.2 Å². The molecule has 2 aromatic heterocycles. The quantitative estimate of drug-likeness (QED) is 0.399. The Bertz CT molecular complexity index is 1200. The van der Waals surface area contributed by atoms with Gasteiger partial charge in [0.2, 0.25) is 11.9 Å². The number of para-hydroxylation sites is 1. The molecule has 0 radical (unpaired) electrons. The van der Waals surface area contributed by atoms with Crippen molar-refractivity contribution in [2.45, 2.75) is 12.1 Å². The van der Waals surface area contributed by atoms with Crippen molar-refractivity contribution in [1.82, 2.24) is 24.7 Å². The van der Waals surface area contributed by atoms with Crippen LogP contribution >= 0.6 is 11.8 Å². The van der Waals surface area contributed by atoms with Crippen molar-refractivity contribution in [2.24, 2.45) is 0 Å². The molecule has 0 unspecified atom stereocenters. The molecule has 9 heteroatoms. The van der Waals surface area contributed by atoms with E-state index < -0.39 is 0 Å². The predicted molar refractivity (Wildman–Crippen MR) is 108 cm³/mol. The molecular weight excluding hydrogens is 376 g/mol. The van der Waals surface area contributed by atoms with Crippen LogP contribution in [0.5, 0.6) is 0 Å². The number of aromatic nitrogens is 5. The van der Waals surface area contributed by atoms with E-state index in [1.54, 1.807) is 18.2 Å². The molecule has 0 aliphatic carbocycles. The summed E-state index contributed by atoms with van der Waals surface area (Å²) in [5.74, 6) is 0.152. The van der Waals surface area contributed by atoms with Crippen LogP contribution in [0, 0.1) is 6.92 Å². The Morgan fingerprint density at radius 1 is 1.21 bits per heavy atom. The number of H-pyrrole nitrogens is 1. The number of nitrogens with zero attached hydrogens (tertiary/aromatic N) is 4. The Labute approximate surface area is 164 Å². The van der Waals surface area contributed by atoms with Gasteiger partial charge >= 0.3 is 0 Å². The van der Waals surface area contributed by atoms with E-state index in [9.17, 15) is 9.59 Å². The number of hydrogen-bond acceptors (Lipinski definition) is 6. The Balaban J connectivity index is 1.63. The number of fused-ring (bicyclic) bond motifs is 1. The fraction of sp³-hybridized carbons (Fsp3) is 0.105. The highest BCUT2D eigenvalue weighted by Crippen LogP contribution is 2.20. The van der Waals surface area contributed by atoms with Gasteiger partial charge in [0.05, 0.1) is 16.7 Å². The molecule has 28 heavy (non-hydrogen) atoms. The molecule has 0 saturated carbocycles. The summed E-state index contributed by atoms with van der Waals surface area (Å²) >= 11 is 1.16. The first-order valence-electron chi connectivity index (χ1n) is 8.48. The van der Waals surface area contributed by atoms with Crippen molar-refractivity contribution in [2.75, 3.05) is 11.1 Å². The highest BCUT2D eigenvalue weighted by Gasteiger charge is 2.16. The van der Waals surface area contributed by atoms with E-state index in [1.165, 1.54) is 10.9 Å². The van der Waals surface area contributed by atoms with Gasteiger partial charge in [-0.3, -0.25) is 9.59 Å². The lowest BCUT2D eigenvalue weighted by atomic mass is 10.2. The number of carbonyl (C=O) groups is 1. The van der Waals surface area contributed by atoms with Gasteiger partial charge in [-0.1, -0.05) is 36.0 Å². The molecule has 4 rings (SSSR count). The second-order valence-electron chi connectivity index (χ2n) is 6.07. The highest BCUT2D eigenvalue weighted by molar-refractivity contribution is 7.99. The topological polar surface area (TPSA) is 106 Å². The normalized spacial score (nSPS) is 10.9. The molecule has 0 atom stereocenters. The molecule has 2 N–H and O–H groups in total. The minimum atomic E-state index is -0.274. The summed E-state index contributed by atoms with van der Waals surface area (Å²) in [6.45, 7) is 1.96. The number of amides is 1. The largest absolute Gasteiger partial charge is 0.325 e. The molecule has 0 fully saturated rings. The van der Waals surface area contributed by atoms with E-state index in [2.05, 4.69) is 25.5 Å². The van der Waals surface area contributed by atoms with E-state index in [4.69, 9.17) is 0 Å². The van der Waals surface area contributed by atoms with E-state index >= 15 is 0 Å². The van der Waals surface area contributed by atoms with Gasteiger partial charge in [0, 0.05) is 5.69 Å². The fourth-order valence-electron chi connectivity index (χ4n) is 2.75. The van der Waals surface area contributed by atoms with Crippen LogP contribution in [0.15, 0.2) is 64.8 Å². The average Bonchev–Trinajstić information content (AvgIpc) is 3.21. The van der Waals surface area contributed by atoms with Crippen molar-refractivity contribution in [3.05, 3.63) is 70.8 Å². The maximum atomic E-state index is 12.9. The number of hydrogen-bond donors (Lipinski definition) is 2. The number of benzene rings is 2. The zero-order chi connectivity index (χ0) is 19.5.